The van der Waals surface area contributed by atoms with Gasteiger partial charge in [-0.15, -0.1) is 0 Å². The first kappa shape index (κ1) is 16.8. The first-order chi connectivity index (χ1) is 9.77. The highest BCUT2D eigenvalue weighted by Gasteiger charge is 2.05. The summed E-state index contributed by atoms with van der Waals surface area (Å²) < 4.78 is 5.49. The van der Waals surface area contributed by atoms with Crippen molar-refractivity contribution in [2.45, 2.75) is 58.3 Å². The Hall–Kier alpha value is -1.22. The summed E-state index contributed by atoms with van der Waals surface area (Å²) in [5.74, 6) is 1.06. The second kappa shape index (κ2) is 10.6. The summed E-state index contributed by atoms with van der Waals surface area (Å²) in [5.41, 5.74) is 1.03. The monoisotopic (exact) mass is 280 g/mol. The van der Waals surface area contributed by atoms with Crippen molar-refractivity contribution in [3.8, 4) is 11.5 Å². The number of phenols is 1. The fourth-order valence-corrected chi connectivity index (χ4v) is 2.33. The van der Waals surface area contributed by atoms with E-state index in [-0.39, 0.29) is 12.4 Å². The van der Waals surface area contributed by atoms with Crippen LogP contribution in [0.1, 0.15) is 57.4 Å². The SMILES string of the molecule is CCCCCCCCCc1cc(O)ccc1OCCO. The molecule has 114 valence electrons. The minimum Gasteiger partial charge on any atom is -0.508 e. The van der Waals surface area contributed by atoms with Crippen molar-refractivity contribution in [2.24, 2.45) is 0 Å². The molecule has 20 heavy (non-hydrogen) atoms. The topological polar surface area (TPSA) is 49.7 Å². The third kappa shape index (κ3) is 6.80. The Kier molecular flexibility index (Phi) is 8.88. The Labute approximate surface area is 122 Å². The van der Waals surface area contributed by atoms with Crippen molar-refractivity contribution in [1.29, 1.82) is 0 Å². The van der Waals surface area contributed by atoms with Crippen LogP contribution in [0, 0.1) is 0 Å². The van der Waals surface area contributed by atoms with Gasteiger partial charge in [-0.3, -0.25) is 0 Å². The molecule has 2 N–H and O–H groups in total. The molecule has 0 saturated heterocycles. The van der Waals surface area contributed by atoms with Crippen molar-refractivity contribution in [3.05, 3.63) is 23.8 Å². The highest BCUT2D eigenvalue weighted by Crippen LogP contribution is 2.25. The Balaban J connectivity index is 2.32. The Morgan fingerprint density at radius 3 is 2.40 bits per heavy atom. The van der Waals surface area contributed by atoms with Gasteiger partial charge in [-0.05, 0) is 36.6 Å². The number of aromatic hydroxyl groups is 1. The van der Waals surface area contributed by atoms with Crippen LogP contribution in [0.25, 0.3) is 0 Å². The second-order valence-corrected chi connectivity index (χ2v) is 5.24. The van der Waals surface area contributed by atoms with E-state index >= 15 is 0 Å². The first-order valence-corrected chi connectivity index (χ1v) is 7.83. The molecular weight excluding hydrogens is 252 g/mol. The zero-order valence-electron chi connectivity index (χ0n) is 12.6. The van der Waals surface area contributed by atoms with Crippen LogP contribution < -0.4 is 4.74 Å². The molecule has 0 heterocycles. The molecule has 0 aromatic heterocycles. The van der Waals surface area contributed by atoms with Crippen LogP contribution in [0.15, 0.2) is 18.2 Å². The van der Waals surface area contributed by atoms with Gasteiger partial charge in [0.05, 0.1) is 6.61 Å². The molecule has 0 saturated carbocycles. The Bertz CT molecular complexity index is 363. The van der Waals surface area contributed by atoms with Gasteiger partial charge in [-0.2, -0.15) is 0 Å². The summed E-state index contributed by atoms with van der Waals surface area (Å²) in [6.07, 6.45) is 9.83. The number of hydrogen-bond acceptors (Lipinski definition) is 3. The van der Waals surface area contributed by atoms with E-state index in [0.717, 1.165) is 24.2 Å². The van der Waals surface area contributed by atoms with Gasteiger partial charge in [-0.25, -0.2) is 0 Å². The highest BCUT2D eigenvalue weighted by atomic mass is 16.5. The minimum atomic E-state index is 0.0117. The van der Waals surface area contributed by atoms with Crippen molar-refractivity contribution in [1.82, 2.24) is 0 Å². The number of hydrogen-bond donors (Lipinski definition) is 2. The van der Waals surface area contributed by atoms with Gasteiger partial charge in [-0.1, -0.05) is 45.4 Å². The molecule has 0 aliphatic heterocycles. The number of aliphatic hydroxyl groups excluding tert-OH is 1. The van der Waals surface area contributed by atoms with Gasteiger partial charge >= 0.3 is 0 Å². The average Bonchev–Trinajstić information content (AvgIpc) is 2.45. The van der Waals surface area contributed by atoms with Crippen LogP contribution in [0.3, 0.4) is 0 Å². The lowest BCUT2D eigenvalue weighted by Gasteiger charge is -2.11. The number of ether oxygens (including phenoxy) is 1. The predicted molar refractivity (Wildman–Crippen MR) is 82.4 cm³/mol. The third-order valence-corrected chi connectivity index (χ3v) is 3.44. The molecule has 0 bridgehead atoms. The molecule has 0 fully saturated rings. The molecule has 0 atom stereocenters. The first-order valence-electron chi connectivity index (χ1n) is 7.83. The maximum Gasteiger partial charge on any atom is 0.122 e. The predicted octanol–water partition coefficient (Wildman–Crippen LogP) is 4.06. The summed E-state index contributed by atoms with van der Waals surface area (Å²) in [4.78, 5) is 0. The van der Waals surface area contributed by atoms with Crippen LogP contribution >= 0.6 is 0 Å². The van der Waals surface area contributed by atoms with Crippen LogP contribution in [0.5, 0.6) is 11.5 Å². The normalized spacial score (nSPS) is 10.7. The molecule has 0 aliphatic carbocycles. The maximum absolute atomic E-state index is 9.56. The number of rotatable bonds is 11. The van der Waals surface area contributed by atoms with E-state index in [4.69, 9.17) is 9.84 Å². The fraction of sp³-hybridized carbons (Fsp3) is 0.647. The zero-order chi connectivity index (χ0) is 14.6. The van der Waals surface area contributed by atoms with Gasteiger partial charge < -0.3 is 14.9 Å². The Morgan fingerprint density at radius 1 is 1.00 bits per heavy atom. The molecule has 3 heteroatoms. The molecule has 0 amide bonds. The Morgan fingerprint density at radius 2 is 1.70 bits per heavy atom. The quantitative estimate of drug-likeness (QED) is 0.601. The van der Waals surface area contributed by atoms with Crippen LogP contribution in [0.2, 0.25) is 0 Å². The molecule has 1 aromatic rings. The van der Waals surface area contributed by atoms with E-state index in [9.17, 15) is 5.11 Å². The molecule has 1 aromatic carbocycles. The van der Waals surface area contributed by atoms with Gasteiger partial charge in [0, 0.05) is 0 Å². The molecule has 0 unspecified atom stereocenters. The van der Waals surface area contributed by atoms with E-state index < -0.39 is 0 Å². The highest BCUT2D eigenvalue weighted by molar-refractivity contribution is 5.39. The summed E-state index contributed by atoms with van der Waals surface area (Å²) >= 11 is 0. The van der Waals surface area contributed by atoms with E-state index in [0.29, 0.717) is 6.61 Å². The molecule has 0 spiro atoms. The summed E-state index contributed by atoms with van der Waals surface area (Å²) in [6, 6.07) is 5.17. The second-order valence-electron chi connectivity index (χ2n) is 5.24. The molecule has 1 rings (SSSR count). The summed E-state index contributed by atoms with van der Waals surface area (Å²) in [7, 11) is 0. The lowest BCUT2D eigenvalue weighted by Crippen LogP contribution is -2.03. The van der Waals surface area contributed by atoms with E-state index in [1.165, 1.54) is 38.5 Å². The van der Waals surface area contributed by atoms with Crippen LogP contribution in [0.4, 0.5) is 0 Å². The minimum absolute atomic E-state index is 0.0117. The number of unbranched alkanes of at least 4 members (excludes halogenated alkanes) is 6. The van der Waals surface area contributed by atoms with Crippen LogP contribution in [-0.2, 0) is 6.42 Å². The standard InChI is InChI=1S/C17H28O3/c1-2-3-4-5-6-7-8-9-15-14-16(19)10-11-17(15)20-13-12-18/h10-11,14,18-19H,2-9,12-13H2,1H3. The third-order valence-electron chi connectivity index (χ3n) is 3.44. The van der Waals surface area contributed by atoms with E-state index in [2.05, 4.69) is 6.92 Å². The number of aliphatic hydroxyl groups is 1. The maximum atomic E-state index is 9.56. The number of benzene rings is 1. The van der Waals surface area contributed by atoms with Crippen molar-refractivity contribution in [3.63, 3.8) is 0 Å². The van der Waals surface area contributed by atoms with Crippen molar-refractivity contribution >= 4 is 0 Å². The lowest BCUT2D eigenvalue weighted by atomic mass is 10.0. The zero-order valence-corrected chi connectivity index (χ0v) is 12.6. The van der Waals surface area contributed by atoms with Gasteiger partial charge in [0.2, 0.25) is 0 Å². The smallest absolute Gasteiger partial charge is 0.122 e. The van der Waals surface area contributed by atoms with Gasteiger partial charge in [0.25, 0.3) is 0 Å². The average molecular weight is 280 g/mol. The van der Waals surface area contributed by atoms with E-state index in [1.807, 2.05) is 0 Å². The lowest BCUT2D eigenvalue weighted by molar-refractivity contribution is 0.200. The summed E-state index contributed by atoms with van der Waals surface area (Å²) in [5, 5.41) is 18.4. The molecule has 0 radical (unpaired) electrons. The van der Waals surface area contributed by atoms with Gasteiger partial charge in [0.15, 0.2) is 0 Å². The fourth-order valence-electron chi connectivity index (χ4n) is 2.33. The number of aryl methyl sites for hydroxylation is 1. The number of phenolic OH excluding ortho intramolecular Hbond substituents is 1. The largest absolute Gasteiger partial charge is 0.508 e. The van der Waals surface area contributed by atoms with Crippen molar-refractivity contribution < 1.29 is 14.9 Å². The molecular formula is C17H28O3. The molecule has 3 nitrogen and oxygen atoms in total. The van der Waals surface area contributed by atoms with Crippen molar-refractivity contribution in [2.75, 3.05) is 13.2 Å². The van der Waals surface area contributed by atoms with Gasteiger partial charge in [0.1, 0.15) is 18.1 Å². The van der Waals surface area contributed by atoms with Crippen LogP contribution in [-0.4, -0.2) is 23.4 Å². The summed E-state index contributed by atoms with van der Waals surface area (Å²) in [6.45, 7) is 2.54. The molecule has 0 aliphatic rings. The van der Waals surface area contributed by atoms with E-state index in [1.54, 1.807) is 18.2 Å².